The number of ether oxygens (including phenoxy) is 1. The first kappa shape index (κ1) is 16.5. The third-order valence-electron chi connectivity index (χ3n) is 2.39. The van der Waals surface area contributed by atoms with E-state index >= 15 is 0 Å². The highest BCUT2D eigenvalue weighted by atomic mass is 32.1. The maximum atomic E-state index is 11.5. The van der Waals surface area contributed by atoms with Crippen LogP contribution in [0.15, 0.2) is 21.8 Å². The molecule has 0 aliphatic carbocycles. The van der Waals surface area contributed by atoms with E-state index in [4.69, 9.17) is 4.74 Å². The van der Waals surface area contributed by atoms with Crippen LogP contribution in [0.25, 0.3) is 0 Å². The van der Waals surface area contributed by atoms with Crippen LogP contribution in [0.5, 0.6) is 0 Å². The summed E-state index contributed by atoms with van der Waals surface area (Å²) in [5.41, 5.74) is 1.16. The Labute approximate surface area is 123 Å². The highest BCUT2D eigenvalue weighted by molar-refractivity contribution is 7.07. The molecule has 7 heteroatoms. The van der Waals surface area contributed by atoms with E-state index in [1.54, 1.807) is 18.4 Å². The van der Waals surface area contributed by atoms with Crippen LogP contribution in [0.3, 0.4) is 0 Å². The fraction of sp³-hybridized carbons (Fsp3) is 0.538. The first-order valence-corrected chi connectivity index (χ1v) is 7.49. The number of amides is 1. The van der Waals surface area contributed by atoms with Gasteiger partial charge in [-0.1, -0.05) is 0 Å². The van der Waals surface area contributed by atoms with Gasteiger partial charge in [0.15, 0.2) is 5.96 Å². The molecule has 0 unspecified atom stereocenters. The number of carbonyl (C=O) groups is 1. The summed E-state index contributed by atoms with van der Waals surface area (Å²) in [4.78, 5) is 16.0. The van der Waals surface area contributed by atoms with E-state index in [1.807, 2.05) is 18.4 Å². The van der Waals surface area contributed by atoms with Gasteiger partial charge >= 0.3 is 0 Å². The zero-order chi connectivity index (χ0) is 14.6. The van der Waals surface area contributed by atoms with Crippen molar-refractivity contribution in [3.05, 3.63) is 22.4 Å². The lowest BCUT2D eigenvalue weighted by Crippen LogP contribution is -2.43. The van der Waals surface area contributed by atoms with Gasteiger partial charge in [-0.15, -0.1) is 0 Å². The quantitative estimate of drug-likeness (QED) is 0.372. The zero-order valence-electron chi connectivity index (χ0n) is 11.9. The maximum Gasteiger partial charge on any atom is 0.239 e. The minimum absolute atomic E-state index is 0.0804. The second-order valence-corrected chi connectivity index (χ2v) is 4.80. The number of hydrogen-bond acceptors (Lipinski definition) is 4. The van der Waals surface area contributed by atoms with Gasteiger partial charge in [0.2, 0.25) is 5.91 Å². The Morgan fingerprint density at radius 1 is 1.40 bits per heavy atom. The molecule has 1 rings (SSSR count). The van der Waals surface area contributed by atoms with Gasteiger partial charge in [0.05, 0.1) is 19.7 Å². The lowest BCUT2D eigenvalue weighted by Gasteiger charge is -2.11. The Hall–Kier alpha value is -1.60. The standard InChI is InChI=1S/C13H22N4O2S/c1-3-14-13(16-8-11-4-7-20-10-11)17-9-12(18)15-5-6-19-2/h4,7,10H,3,5-6,8-9H2,1-2H3,(H,15,18)(H2,14,16,17). The van der Waals surface area contributed by atoms with Gasteiger partial charge in [0.1, 0.15) is 0 Å². The first-order valence-electron chi connectivity index (χ1n) is 6.55. The van der Waals surface area contributed by atoms with E-state index in [0.717, 1.165) is 12.1 Å². The van der Waals surface area contributed by atoms with Gasteiger partial charge in [-0.25, -0.2) is 4.99 Å². The van der Waals surface area contributed by atoms with Crippen LogP contribution in [0.1, 0.15) is 12.5 Å². The highest BCUT2D eigenvalue weighted by Gasteiger charge is 2.03. The number of methoxy groups -OCH3 is 1. The molecule has 0 saturated heterocycles. The van der Waals surface area contributed by atoms with E-state index in [0.29, 0.717) is 25.7 Å². The molecule has 0 aliphatic heterocycles. The molecular formula is C13H22N4O2S. The number of guanidine groups is 1. The summed E-state index contributed by atoms with van der Waals surface area (Å²) in [7, 11) is 1.60. The minimum Gasteiger partial charge on any atom is -0.383 e. The van der Waals surface area contributed by atoms with Crippen LogP contribution in [-0.2, 0) is 16.1 Å². The molecule has 0 aromatic carbocycles. The Kier molecular flexibility index (Phi) is 8.41. The summed E-state index contributed by atoms with van der Waals surface area (Å²) in [5.74, 6) is 0.559. The van der Waals surface area contributed by atoms with Crippen molar-refractivity contribution in [1.82, 2.24) is 16.0 Å². The van der Waals surface area contributed by atoms with Gasteiger partial charge in [-0.2, -0.15) is 11.3 Å². The fourth-order valence-corrected chi connectivity index (χ4v) is 2.07. The van der Waals surface area contributed by atoms with Crippen LogP contribution < -0.4 is 16.0 Å². The van der Waals surface area contributed by atoms with E-state index < -0.39 is 0 Å². The normalized spacial score (nSPS) is 11.2. The summed E-state index contributed by atoms with van der Waals surface area (Å²) >= 11 is 1.65. The lowest BCUT2D eigenvalue weighted by atomic mass is 10.3. The van der Waals surface area contributed by atoms with Crippen molar-refractivity contribution in [3.8, 4) is 0 Å². The summed E-state index contributed by atoms with van der Waals surface area (Å²) in [6.07, 6.45) is 0. The third kappa shape index (κ3) is 7.10. The molecule has 1 heterocycles. The number of carbonyl (C=O) groups excluding carboxylic acids is 1. The van der Waals surface area contributed by atoms with Crippen molar-refractivity contribution >= 4 is 23.2 Å². The van der Waals surface area contributed by atoms with Gasteiger partial charge in [0, 0.05) is 20.2 Å². The van der Waals surface area contributed by atoms with Crippen molar-refractivity contribution in [3.63, 3.8) is 0 Å². The molecule has 0 bridgehead atoms. The van der Waals surface area contributed by atoms with E-state index in [9.17, 15) is 4.79 Å². The molecule has 0 saturated carbocycles. The van der Waals surface area contributed by atoms with Crippen molar-refractivity contribution in [2.45, 2.75) is 13.5 Å². The highest BCUT2D eigenvalue weighted by Crippen LogP contribution is 2.06. The number of rotatable bonds is 8. The molecule has 0 atom stereocenters. The number of nitrogens with zero attached hydrogens (tertiary/aromatic N) is 1. The van der Waals surface area contributed by atoms with Gasteiger partial charge in [-0.05, 0) is 29.3 Å². The Morgan fingerprint density at radius 2 is 2.25 bits per heavy atom. The maximum absolute atomic E-state index is 11.5. The van der Waals surface area contributed by atoms with Gasteiger partial charge in [-0.3, -0.25) is 4.79 Å². The molecular weight excluding hydrogens is 276 g/mol. The largest absolute Gasteiger partial charge is 0.383 e. The predicted octanol–water partition coefficient (Wildman–Crippen LogP) is 0.566. The van der Waals surface area contributed by atoms with Crippen LogP contribution in [0.2, 0.25) is 0 Å². The molecule has 1 amide bonds. The molecule has 1 aromatic heterocycles. The number of hydrogen-bond donors (Lipinski definition) is 3. The molecule has 0 spiro atoms. The summed E-state index contributed by atoms with van der Waals surface area (Å²) in [6, 6.07) is 2.04. The summed E-state index contributed by atoms with van der Waals surface area (Å²) in [5, 5.41) is 12.9. The average Bonchev–Trinajstić information content (AvgIpc) is 2.95. The molecule has 0 radical (unpaired) electrons. The van der Waals surface area contributed by atoms with Crippen molar-refractivity contribution in [2.24, 2.45) is 4.99 Å². The predicted molar refractivity (Wildman–Crippen MR) is 82.0 cm³/mol. The lowest BCUT2D eigenvalue weighted by molar-refractivity contribution is -0.120. The topological polar surface area (TPSA) is 74.8 Å². The minimum atomic E-state index is -0.0804. The average molecular weight is 298 g/mol. The van der Waals surface area contributed by atoms with E-state index in [2.05, 4.69) is 26.3 Å². The second-order valence-electron chi connectivity index (χ2n) is 4.02. The van der Waals surface area contributed by atoms with Crippen molar-refractivity contribution < 1.29 is 9.53 Å². The fourth-order valence-electron chi connectivity index (χ4n) is 1.41. The van der Waals surface area contributed by atoms with Crippen LogP contribution in [0.4, 0.5) is 0 Å². The third-order valence-corrected chi connectivity index (χ3v) is 3.12. The van der Waals surface area contributed by atoms with Crippen LogP contribution in [0, 0.1) is 0 Å². The summed E-state index contributed by atoms with van der Waals surface area (Å²) in [6.45, 7) is 4.56. The Bertz CT molecular complexity index is 407. The molecule has 6 nitrogen and oxygen atoms in total. The molecule has 0 aliphatic rings. The molecule has 0 fully saturated rings. The second kappa shape index (κ2) is 10.2. The van der Waals surface area contributed by atoms with Crippen LogP contribution >= 0.6 is 11.3 Å². The smallest absolute Gasteiger partial charge is 0.239 e. The number of thiophene rings is 1. The van der Waals surface area contributed by atoms with E-state index in [-0.39, 0.29) is 12.5 Å². The van der Waals surface area contributed by atoms with Gasteiger partial charge in [0.25, 0.3) is 0 Å². The Morgan fingerprint density at radius 3 is 2.90 bits per heavy atom. The van der Waals surface area contributed by atoms with Crippen molar-refractivity contribution in [2.75, 3.05) is 33.4 Å². The number of nitrogens with one attached hydrogen (secondary N) is 3. The van der Waals surface area contributed by atoms with Crippen LogP contribution in [-0.4, -0.2) is 45.2 Å². The SMILES string of the molecule is CCNC(=NCc1ccsc1)NCC(=O)NCCOC. The zero-order valence-corrected chi connectivity index (χ0v) is 12.8. The molecule has 112 valence electrons. The first-order chi connectivity index (χ1) is 9.76. The van der Waals surface area contributed by atoms with Crippen molar-refractivity contribution in [1.29, 1.82) is 0 Å². The monoisotopic (exact) mass is 298 g/mol. The van der Waals surface area contributed by atoms with Gasteiger partial charge < -0.3 is 20.7 Å². The number of aliphatic imine (C=N–C) groups is 1. The molecule has 3 N–H and O–H groups in total. The molecule has 20 heavy (non-hydrogen) atoms. The summed E-state index contributed by atoms with van der Waals surface area (Å²) < 4.78 is 4.87. The molecule has 1 aromatic rings. The van der Waals surface area contributed by atoms with E-state index in [1.165, 1.54) is 0 Å². The Balaban J connectivity index is 2.34.